The van der Waals surface area contributed by atoms with E-state index in [1.807, 2.05) is 0 Å². The summed E-state index contributed by atoms with van der Waals surface area (Å²) in [4.78, 5) is 0. The van der Waals surface area contributed by atoms with E-state index in [0.29, 0.717) is 11.8 Å². The van der Waals surface area contributed by atoms with Gasteiger partial charge in [-0.05, 0) is 83.2 Å². The van der Waals surface area contributed by atoms with Gasteiger partial charge in [0.05, 0.1) is 0 Å². The first-order valence-electron chi connectivity index (χ1n) is 13.8. The molecule has 0 heterocycles. The highest BCUT2D eigenvalue weighted by Gasteiger charge is 2.51. The fourth-order valence-corrected chi connectivity index (χ4v) is 6.99. The summed E-state index contributed by atoms with van der Waals surface area (Å²) in [5.41, 5.74) is 8.64. The number of aryl methyl sites for hydroxylation is 1. The predicted octanol–water partition coefficient (Wildman–Crippen LogP) is 9.31. The second kappa shape index (κ2) is 10.5. The highest BCUT2D eigenvalue weighted by molar-refractivity contribution is 5.42. The molecule has 0 aromatic heterocycles. The Balaban J connectivity index is 1.69. The minimum atomic E-state index is 0.0357. The van der Waals surface area contributed by atoms with Crippen molar-refractivity contribution in [2.45, 2.75) is 52.9 Å². The smallest absolute Gasteiger partial charge is 0.00810 e. The molecule has 5 rings (SSSR count). The van der Waals surface area contributed by atoms with E-state index in [-0.39, 0.29) is 10.8 Å². The van der Waals surface area contributed by atoms with Crippen LogP contribution < -0.4 is 0 Å². The van der Waals surface area contributed by atoms with Crippen LogP contribution in [0, 0.1) is 30.6 Å². The fourth-order valence-electron chi connectivity index (χ4n) is 6.99. The molecule has 188 valence electrons. The minimum Gasteiger partial charge on any atom is -0.0813 e. The number of hydrogen-bond acceptors (Lipinski definition) is 0. The van der Waals surface area contributed by atoms with Gasteiger partial charge in [0.25, 0.3) is 0 Å². The molecule has 4 aromatic rings. The third-order valence-corrected chi connectivity index (χ3v) is 9.09. The molecular formula is C37H40. The van der Waals surface area contributed by atoms with Crippen molar-refractivity contribution in [2.24, 2.45) is 16.7 Å². The average molecular weight is 485 g/mol. The van der Waals surface area contributed by atoms with E-state index in [1.54, 1.807) is 0 Å². The van der Waals surface area contributed by atoms with Gasteiger partial charge in [0.1, 0.15) is 0 Å². The first-order valence-corrected chi connectivity index (χ1v) is 13.8. The first kappa shape index (κ1) is 25.3. The zero-order valence-electron chi connectivity index (χ0n) is 22.8. The topological polar surface area (TPSA) is 0 Å². The number of benzene rings is 4. The first-order chi connectivity index (χ1) is 17.9. The third-order valence-electron chi connectivity index (χ3n) is 9.09. The van der Waals surface area contributed by atoms with Crippen molar-refractivity contribution in [3.63, 3.8) is 0 Å². The fraction of sp³-hybridized carbons (Fsp3) is 0.297. The Kier molecular flexibility index (Phi) is 7.20. The summed E-state index contributed by atoms with van der Waals surface area (Å²) < 4.78 is 0. The van der Waals surface area contributed by atoms with Gasteiger partial charge in [-0.2, -0.15) is 0 Å². The molecule has 0 spiro atoms. The van der Waals surface area contributed by atoms with Gasteiger partial charge in [-0.1, -0.05) is 135 Å². The average Bonchev–Trinajstić information content (AvgIpc) is 2.91. The second-order valence-corrected chi connectivity index (χ2v) is 11.7. The molecule has 0 aliphatic heterocycles. The van der Waals surface area contributed by atoms with Crippen LogP contribution in [0.4, 0.5) is 0 Å². The number of hydrogen-bond donors (Lipinski definition) is 0. The zero-order valence-corrected chi connectivity index (χ0v) is 22.8. The van der Waals surface area contributed by atoms with Gasteiger partial charge in [0.2, 0.25) is 0 Å². The Morgan fingerprint density at radius 3 is 1.73 bits per heavy atom. The van der Waals surface area contributed by atoms with E-state index in [2.05, 4.69) is 149 Å². The van der Waals surface area contributed by atoms with Crippen LogP contribution in [0.5, 0.6) is 0 Å². The standard InChI is InChI=1S/C37H40/c1-28-15-14-22-33(29(28)2)34-23-24-36(3,26-31-18-10-6-11-19-31)35(25-30-16-8-5-9-17-30)37(34,4)27-32-20-12-7-13-21-32/h5-24,34-35H,25-27H2,1-4H3. The molecule has 0 nitrogen and oxygen atoms in total. The Morgan fingerprint density at radius 2 is 1.14 bits per heavy atom. The van der Waals surface area contributed by atoms with Crippen LogP contribution in [0.25, 0.3) is 0 Å². The Bertz CT molecular complexity index is 1330. The predicted molar refractivity (Wildman–Crippen MR) is 158 cm³/mol. The van der Waals surface area contributed by atoms with Gasteiger partial charge >= 0.3 is 0 Å². The van der Waals surface area contributed by atoms with Gasteiger partial charge in [0.15, 0.2) is 0 Å². The molecule has 0 heteroatoms. The molecule has 0 amide bonds. The summed E-state index contributed by atoms with van der Waals surface area (Å²) in [6.45, 7) is 9.64. The van der Waals surface area contributed by atoms with Crippen molar-refractivity contribution in [3.05, 3.63) is 155 Å². The maximum Gasteiger partial charge on any atom is 0.00810 e. The highest BCUT2D eigenvalue weighted by Crippen LogP contribution is 2.58. The summed E-state index contributed by atoms with van der Waals surface area (Å²) in [5.74, 6) is 0.808. The molecule has 0 radical (unpaired) electrons. The van der Waals surface area contributed by atoms with Crippen LogP contribution in [0.2, 0.25) is 0 Å². The zero-order chi connectivity index (χ0) is 25.9. The van der Waals surface area contributed by atoms with Crippen molar-refractivity contribution in [1.82, 2.24) is 0 Å². The monoisotopic (exact) mass is 484 g/mol. The minimum absolute atomic E-state index is 0.0357. The number of rotatable bonds is 7. The lowest BCUT2D eigenvalue weighted by Crippen LogP contribution is -2.48. The summed E-state index contributed by atoms with van der Waals surface area (Å²) in [6, 6.07) is 40.3. The summed E-state index contributed by atoms with van der Waals surface area (Å²) in [6.07, 6.45) is 8.31. The van der Waals surface area contributed by atoms with Crippen LogP contribution in [0.3, 0.4) is 0 Å². The van der Waals surface area contributed by atoms with Crippen molar-refractivity contribution in [2.75, 3.05) is 0 Å². The van der Waals surface area contributed by atoms with Crippen LogP contribution in [0.1, 0.15) is 53.1 Å². The molecular weight excluding hydrogens is 444 g/mol. The molecule has 1 aliphatic carbocycles. The molecule has 37 heavy (non-hydrogen) atoms. The number of allylic oxidation sites excluding steroid dienone is 2. The Hall–Kier alpha value is -3.38. The molecule has 1 aliphatic rings. The molecule has 4 aromatic carbocycles. The maximum absolute atomic E-state index is 2.58. The molecule has 0 bridgehead atoms. The lowest BCUT2D eigenvalue weighted by atomic mass is 9.49. The second-order valence-electron chi connectivity index (χ2n) is 11.7. The van der Waals surface area contributed by atoms with Crippen molar-refractivity contribution in [1.29, 1.82) is 0 Å². The van der Waals surface area contributed by atoms with Gasteiger partial charge in [-0.3, -0.25) is 0 Å². The van der Waals surface area contributed by atoms with E-state index in [4.69, 9.17) is 0 Å². The lowest BCUT2D eigenvalue weighted by molar-refractivity contribution is 0.0492. The van der Waals surface area contributed by atoms with E-state index in [1.165, 1.54) is 33.4 Å². The van der Waals surface area contributed by atoms with Crippen LogP contribution >= 0.6 is 0 Å². The molecule has 0 N–H and O–H groups in total. The van der Waals surface area contributed by atoms with Gasteiger partial charge in [-0.25, -0.2) is 0 Å². The molecule has 0 fully saturated rings. The molecule has 4 unspecified atom stereocenters. The largest absolute Gasteiger partial charge is 0.0813 e. The van der Waals surface area contributed by atoms with Crippen molar-refractivity contribution in [3.8, 4) is 0 Å². The normalized spacial score (nSPS) is 25.2. The molecule has 4 atom stereocenters. The molecule has 0 saturated heterocycles. The van der Waals surface area contributed by atoms with E-state index in [9.17, 15) is 0 Å². The quantitative estimate of drug-likeness (QED) is 0.229. The van der Waals surface area contributed by atoms with Gasteiger partial charge < -0.3 is 0 Å². The Morgan fingerprint density at radius 1 is 0.595 bits per heavy atom. The van der Waals surface area contributed by atoms with Gasteiger partial charge in [-0.15, -0.1) is 0 Å². The summed E-state index contributed by atoms with van der Waals surface area (Å²) in [5, 5.41) is 0. The van der Waals surface area contributed by atoms with E-state index < -0.39 is 0 Å². The SMILES string of the molecule is Cc1cccc(C2C=CC(C)(Cc3ccccc3)C(Cc3ccccc3)C2(C)Cc2ccccc2)c1C. The summed E-state index contributed by atoms with van der Waals surface area (Å²) >= 11 is 0. The third kappa shape index (κ3) is 5.21. The van der Waals surface area contributed by atoms with E-state index >= 15 is 0 Å². The van der Waals surface area contributed by atoms with Crippen LogP contribution in [-0.4, -0.2) is 0 Å². The molecule has 0 saturated carbocycles. The highest BCUT2D eigenvalue weighted by atomic mass is 14.5. The van der Waals surface area contributed by atoms with Crippen LogP contribution in [-0.2, 0) is 19.3 Å². The van der Waals surface area contributed by atoms with Crippen molar-refractivity contribution >= 4 is 0 Å². The summed E-state index contributed by atoms with van der Waals surface area (Å²) in [7, 11) is 0. The van der Waals surface area contributed by atoms with E-state index in [0.717, 1.165) is 19.3 Å². The van der Waals surface area contributed by atoms with Crippen LogP contribution in [0.15, 0.2) is 121 Å². The lowest BCUT2D eigenvalue weighted by Gasteiger charge is -2.54. The maximum atomic E-state index is 2.58. The van der Waals surface area contributed by atoms with Gasteiger partial charge in [0, 0.05) is 5.92 Å². The van der Waals surface area contributed by atoms with Crippen molar-refractivity contribution < 1.29 is 0 Å². The Labute approximate surface area is 224 Å².